The zero-order valence-corrected chi connectivity index (χ0v) is 13.0. The molecule has 0 fully saturated rings. The fraction of sp³-hybridized carbons (Fsp3) is 0.385. The molecule has 1 atom stereocenters. The number of anilines is 1. The van der Waals surface area contributed by atoms with Crippen molar-refractivity contribution in [3.63, 3.8) is 0 Å². The highest BCUT2D eigenvalue weighted by Crippen LogP contribution is 2.18. The lowest BCUT2D eigenvalue weighted by Crippen LogP contribution is -2.13. The number of aliphatic hydroxyl groups is 1. The van der Waals surface area contributed by atoms with Crippen molar-refractivity contribution < 1.29 is 5.11 Å². The quantitative estimate of drug-likeness (QED) is 0.790. The van der Waals surface area contributed by atoms with Crippen LogP contribution in [0.3, 0.4) is 0 Å². The first-order chi connectivity index (χ1) is 9.19. The summed E-state index contributed by atoms with van der Waals surface area (Å²) in [5, 5.41) is 17.1. The largest absolute Gasteiger partial charge is 0.387 e. The molecule has 2 heterocycles. The van der Waals surface area contributed by atoms with E-state index < -0.39 is 6.10 Å². The smallest absolute Gasteiger partial charge is 0.132 e. The summed E-state index contributed by atoms with van der Waals surface area (Å²) >= 11 is 4.96. The number of aromatic nitrogens is 2. The summed E-state index contributed by atoms with van der Waals surface area (Å²) < 4.78 is 0.762. The van der Waals surface area contributed by atoms with Gasteiger partial charge in [-0.25, -0.2) is 9.97 Å². The third-order valence-corrected chi connectivity index (χ3v) is 3.73. The summed E-state index contributed by atoms with van der Waals surface area (Å²) in [5.41, 5.74) is 0.930. The van der Waals surface area contributed by atoms with Gasteiger partial charge in [0.15, 0.2) is 0 Å². The lowest BCUT2D eigenvalue weighted by molar-refractivity contribution is 0.192. The molecule has 2 N–H and O–H groups in total. The van der Waals surface area contributed by atoms with E-state index in [4.69, 9.17) is 0 Å². The van der Waals surface area contributed by atoms with Crippen molar-refractivity contribution in [1.29, 1.82) is 0 Å². The maximum atomic E-state index is 10.0. The number of aliphatic hydroxyl groups excluding tert-OH is 1. The Morgan fingerprint density at radius 3 is 3.00 bits per heavy atom. The van der Waals surface area contributed by atoms with Crippen LogP contribution in [0.25, 0.3) is 0 Å². The Labute approximate surface area is 125 Å². The molecule has 2 aromatic heterocycles. The predicted octanol–water partition coefficient (Wildman–Crippen LogP) is 3.40. The molecule has 4 nitrogen and oxygen atoms in total. The second-order valence-electron chi connectivity index (χ2n) is 4.20. The van der Waals surface area contributed by atoms with E-state index in [9.17, 15) is 5.11 Å². The highest BCUT2D eigenvalue weighted by atomic mass is 79.9. The molecule has 1 unspecified atom stereocenters. The molecule has 0 bridgehead atoms. The van der Waals surface area contributed by atoms with E-state index in [1.807, 2.05) is 22.9 Å². The van der Waals surface area contributed by atoms with Crippen molar-refractivity contribution in [1.82, 2.24) is 9.97 Å². The van der Waals surface area contributed by atoms with Crippen LogP contribution in [-0.4, -0.2) is 21.6 Å². The molecular weight excluding hydrogens is 326 g/mol. The molecule has 0 saturated carbocycles. The first-order valence-electron chi connectivity index (χ1n) is 6.16. The topological polar surface area (TPSA) is 58.0 Å². The molecule has 0 spiro atoms. The van der Waals surface area contributed by atoms with Gasteiger partial charge in [0.25, 0.3) is 0 Å². The number of halogens is 1. The second-order valence-corrected chi connectivity index (χ2v) is 5.79. The van der Waals surface area contributed by atoms with Gasteiger partial charge in [-0.2, -0.15) is 11.3 Å². The number of nitrogens with one attached hydrogen (secondary N) is 1. The van der Waals surface area contributed by atoms with E-state index >= 15 is 0 Å². The Kier molecular flexibility index (Phi) is 5.30. The first-order valence-corrected chi connectivity index (χ1v) is 7.90. The summed E-state index contributed by atoms with van der Waals surface area (Å²) in [6, 6.07) is 3.74. The van der Waals surface area contributed by atoms with Gasteiger partial charge >= 0.3 is 0 Å². The lowest BCUT2D eigenvalue weighted by Gasteiger charge is -2.12. The highest BCUT2D eigenvalue weighted by molar-refractivity contribution is 9.10. The average molecular weight is 342 g/mol. The van der Waals surface area contributed by atoms with Gasteiger partial charge in [0.05, 0.1) is 6.10 Å². The van der Waals surface area contributed by atoms with Crippen LogP contribution in [0.4, 0.5) is 5.82 Å². The molecule has 2 rings (SSSR count). The summed E-state index contributed by atoms with van der Waals surface area (Å²) in [6.45, 7) is 2.53. The van der Waals surface area contributed by atoms with Crippen LogP contribution in [-0.2, 0) is 6.42 Å². The summed E-state index contributed by atoms with van der Waals surface area (Å²) in [5.74, 6) is 1.55. The van der Waals surface area contributed by atoms with Crippen molar-refractivity contribution in [2.24, 2.45) is 0 Å². The van der Waals surface area contributed by atoms with Gasteiger partial charge in [-0.3, -0.25) is 0 Å². The molecule has 19 heavy (non-hydrogen) atoms. The van der Waals surface area contributed by atoms with E-state index in [0.717, 1.165) is 34.7 Å². The number of nitrogens with zero attached hydrogens (tertiary/aromatic N) is 2. The fourth-order valence-corrected chi connectivity index (χ4v) is 2.80. The molecule has 0 amide bonds. The molecular formula is C13H16BrN3OS. The van der Waals surface area contributed by atoms with E-state index in [0.29, 0.717) is 6.54 Å². The Morgan fingerprint density at radius 1 is 1.47 bits per heavy atom. The number of aryl methyl sites for hydroxylation is 1. The third kappa shape index (κ3) is 4.26. The highest BCUT2D eigenvalue weighted by Gasteiger charge is 2.09. The molecule has 0 aromatic carbocycles. The van der Waals surface area contributed by atoms with Crippen molar-refractivity contribution in [3.05, 3.63) is 38.9 Å². The van der Waals surface area contributed by atoms with Gasteiger partial charge < -0.3 is 10.4 Å². The Hall–Kier alpha value is -0.980. The van der Waals surface area contributed by atoms with Crippen molar-refractivity contribution >= 4 is 33.1 Å². The molecule has 0 radical (unpaired) electrons. The van der Waals surface area contributed by atoms with Crippen LogP contribution in [0, 0.1) is 0 Å². The van der Waals surface area contributed by atoms with Gasteiger partial charge in [-0.1, -0.05) is 6.92 Å². The SMILES string of the molecule is CCCc1nc(Br)cc(NCC(O)c2ccsc2)n1. The van der Waals surface area contributed by atoms with Crippen molar-refractivity contribution in [2.75, 3.05) is 11.9 Å². The Bertz CT molecular complexity index is 519. The first kappa shape index (κ1) is 14.4. The Balaban J connectivity index is 1.99. The minimum Gasteiger partial charge on any atom is -0.387 e. The molecule has 6 heteroatoms. The molecule has 0 aliphatic heterocycles. The van der Waals surface area contributed by atoms with Gasteiger partial charge in [0, 0.05) is 19.0 Å². The van der Waals surface area contributed by atoms with E-state index in [1.54, 1.807) is 11.3 Å². The number of thiophene rings is 1. The molecule has 2 aromatic rings. The molecule has 102 valence electrons. The van der Waals surface area contributed by atoms with Gasteiger partial charge in [-0.15, -0.1) is 0 Å². The van der Waals surface area contributed by atoms with Crippen LogP contribution in [0.5, 0.6) is 0 Å². The second kappa shape index (κ2) is 6.98. The van der Waals surface area contributed by atoms with Gasteiger partial charge in [0.1, 0.15) is 16.2 Å². The maximum absolute atomic E-state index is 10.0. The van der Waals surface area contributed by atoms with Crippen LogP contribution in [0.1, 0.15) is 30.8 Å². The standard InChI is InChI=1S/C13H16BrN3OS/c1-2-3-12-16-11(14)6-13(17-12)15-7-10(18)9-4-5-19-8-9/h4-6,8,10,18H,2-3,7H2,1H3,(H,15,16,17). The summed E-state index contributed by atoms with van der Waals surface area (Å²) in [4.78, 5) is 8.72. The number of rotatable bonds is 6. The zero-order valence-electron chi connectivity index (χ0n) is 10.6. The fourth-order valence-electron chi connectivity index (χ4n) is 1.67. The van der Waals surface area contributed by atoms with Crippen molar-refractivity contribution in [2.45, 2.75) is 25.9 Å². The monoisotopic (exact) mass is 341 g/mol. The minimum atomic E-state index is -0.519. The maximum Gasteiger partial charge on any atom is 0.132 e. The van der Waals surface area contributed by atoms with Crippen LogP contribution < -0.4 is 5.32 Å². The van der Waals surface area contributed by atoms with E-state index in [-0.39, 0.29) is 0 Å². The lowest BCUT2D eigenvalue weighted by atomic mass is 10.2. The normalized spacial score (nSPS) is 12.4. The zero-order chi connectivity index (χ0) is 13.7. The van der Waals surface area contributed by atoms with Crippen molar-refractivity contribution in [3.8, 4) is 0 Å². The average Bonchev–Trinajstić information content (AvgIpc) is 2.89. The number of hydrogen-bond acceptors (Lipinski definition) is 5. The van der Waals surface area contributed by atoms with E-state index in [1.165, 1.54) is 0 Å². The minimum absolute atomic E-state index is 0.436. The van der Waals surface area contributed by atoms with Gasteiger partial charge in [-0.05, 0) is 44.7 Å². The van der Waals surface area contributed by atoms with Crippen LogP contribution in [0.15, 0.2) is 27.5 Å². The third-order valence-electron chi connectivity index (χ3n) is 2.62. The molecule has 0 saturated heterocycles. The number of hydrogen-bond donors (Lipinski definition) is 2. The van der Waals surface area contributed by atoms with E-state index in [2.05, 4.69) is 38.1 Å². The molecule has 0 aliphatic carbocycles. The van der Waals surface area contributed by atoms with Crippen LogP contribution >= 0.6 is 27.3 Å². The Morgan fingerprint density at radius 2 is 2.32 bits per heavy atom. The summed E-state index contributed by atoms with van der Waals surface area (Å²) in [6.07, 6.45) is 1.34. The summed E-state index contributed by atoms with van der Waals surface area (Å²) in [7, 11) is 0. The molecule has 0 aliphatic rings. The van der Waals surface area contributed by atoms with Gasteiger partial charge in [0.2, 0.25) is 0 Å². The predicted molar refractivity (Wildman–Crippen MR) is 81.5 cm³/mol. The van der Waals surface area contributed by atoms with Crippen LogP contribution in [0.2, 0.25) is 0 Å².